The lowest BCUT2D eigenvalue weighted by atomic mass is 10.0. The van der Waals surface area contributed by atoms with Crippen LogP contribution in [0.1, 0.15) is 12.0 Å². The van der Waals surface area contributed by atoms with Crippen LogP contribution in [0.25, 0.3) is 11.3 Å². The van der Waals surface area contributed by atoms with Crippen molar-refractivity contribution in [2.24, 2.45) is 0 Å². The number of ether oxygens (including phenoxy) is 1. The van der Waals surface area contributed by atoms with Gasteiger partial charge in [-0.3, -0.25) is 0 Å². The van der Waals surface area contributed by atoms with E-state index in [0.29, 0.717) is 0 Å². The maximum absolute atomic E-state index is 5.62. The highest BCUT2D eigenvalue weighted by Gasteiger charge is 2.11. The molecule has 1 aliphatic heterocycles. The van der Waals surface area contributed by atoms with E-state index in [9.17, 15) is 0 Å². The maximum Gasteiger partial charge on any atom is 0.133 e. The van der Waals surface area contributed by atoms with Gasteiger partial charge in [-0.2, -0.15) is 0 Å². The van der Waals surface area contributed by atoms with Crippen LogP contribution in [0, 0.1) is 0 Å². The molecule has 2 nitrogen and oxygen atoms in total. The smallest absolute Gasteiger partial charge is 0.133 e. The SMILES string of the molecule is c1coc(-c2ccc3c(c2)OCCC3)c1. The van der Waals surface area contributed by atoms with E-state index in [1.807, 2.05) is 12.1 Å². The van der Waals surface area contributed by atoms with Gasteiger partial charge in [-0.15, -0.1) is 0 Å². The molecule has 0 N–H and O–H groups in total. The van der Waals surface area contributed by atoms with Gasteiger partial charge in [-0.1, -0.05) is 12.1 Å². The molecule has 0 spiro atoms. The van der Waals surface area contributed by atoms with Crippen LogP contribution < -0.4 is 4.74 Å². The van der Waals surface area contributed by atoms with E-state index in [0.717, 1.165) is 36.5 Å². The largest absolute Gasteiger partial charge is 0.493 e. The number of aryl methyl sites for hydroxylation is 1. The second-order valence-electron chi connectivity index (χ2n) is 3.75. The molecule has 0 amide bonds. The van der Waals surface area contributed by atoms with Gasteiger partial charge < -0.3 is 9.15 Å². The van der Waals surface area contributed by atoms with Crippen LogP contribution >= 0.6 is 0 Å². The molecule has 15 heavy (non-hydrogen) atoms. The van der Waals surface area contributed by atoms with Crippen LogP contribution in [0.15, 0.2) is 41.0 Å². The highest BCUT2D eigenvalue weighted by atomic mass is 16.5. The Bertz CT molecular complexity index is 457. The van der Waals surface area contributed by atoms with E-state index < -0.39 is 0 Å². The molecule has 2 heteroatoms. The number of hydrogen-bond acceptors (Lipinski definition) is 2. The summed E-state index contributed by atoms with van der Waals surface area (Å²) in [5, 5.41) is 0. The first-order valence-electron chi connectivity index (χ1n) is 5.23. The zero-order valence-corrected chi connectivity index (χ0v) is 8.40. The van der Waals surface area contributed by atoms with Gasteiger partial charge in [0, 0.05) is 5.56 Å². The Kier molecular flexibility index (Phi) is 1.98. The zero-order valence-electron chi connectivity index (χ0n) is 8.40. The predicted molar refractivity (Wildman–Crippen MR) is 58.0 cm³/mol. The Morgan fingerprint density at radius 3 is 3.00 bits per heavy atom. The number of fused-ring (bicyclic) bond motifs is 1. The molecule has 0 fully saturated rings. The normalized spacial score (nSPS) is 14.4. The van der Waals surface area contributed by atoms with Gasteiger partial charge in [0.05, 0.1) is 12.9 Å². The summed E-state index contributed by atoms with van der Waals surface area (Å²) in [7, 11) is 0. The summed E-state index contributed by atoms with van der Waals surface area (Å²) in [6, 6.07) is 10.1. The Morgan fingerprint density at radius 2 is 2.13 bits per heavy atom. The first-order valence-corrected chi connectivity index (χ1v) is 5.23. The first kappa shape index (κ1) is 8.60. The van der Waals surface area contributed by atoms with E-state index in [2.05, 4.69) is 18.2 Å². The minimum atomic E-state index is 0.828. The number of rotatable bonds is 1. The first-order chi connectivity index (χ1) is 7.43. The van der Waals surface area contributed by atoms with E-state index in [1.165, 1.54) is 5.56 Å². The second kappa shape index (κ2) is 3.46. The molecule has 0 bridgehead atoms. The van der Waals surface area contributed by atoms with Gasteiger partial charge in [-0.05, 0) is 36.6 Å². The summed E-state index contributed by atoms with van der Waals surface area (Å²) >= 11 is 0. The fourth-order valence-corrected chi connectivity index (χ4v) is 1.94. The Hall–Kier alpha value is -1.70. The molecule has 3 rings (SSSR count). The molecule has 2 heterocycles. The standard InChI is InChI=1S/C13H12O2/c1-3-10-5-6-11(9-13(10)15-7-1)12-4-2-8-14-12/h2,4-6,8-9H,1,3,7H2. The molecular formula is C13H12O2. The summed E-state index contributed by atoms with van der Waals surface area (Å²) in [5.74, 6) is 1.90. The fourth-order valence-electron chi connectivity index (χ4n) is 1.94. The average molecular weight is 200 g/mol. The summed E-state index contributed by atoms with van der Waals surface area (Å²) in [6.45, 7) is 0.828. The summed E-state index contributed by atoms with van der Waals surface area (Å²) in [6.07, 6.45) is 3.93. The Balaban J connectivity index is 2.04. The van der Waals surface area contributed by atoms with Gasteiger partial charge in [-0.25, -0.2) is 0 Å². The number of furan rings is 1. The van der Waals surface area contributed by atoms with Crippen molar-refractivity contribution < 1.29 is 9.15 Å². The van der Waals surface area contributed by atoms with Crippen LogP contribution in [0.4, 0.5) is 0 Å². The van der Waals surface area contributed by atoms with Crippen LogP contribution in [0.5, 0.6) is 5.75 Å². The van der Waals surface area contributed by atoms with Crippen LogP contribution in [0.3, 0.4) is 0 Å². The van der Waals surface area contributed by atoms with E-state index in [1.54, 1.807) is 6.26 Å². The maximum atomic E-state index is 5.62. The van der Waals surface area contributed by atoms with Gasteiger partial charge in [0.1, 0.15) is 11.5 Å². The quantitative estimate of drug-likeness (QED) is 0.704. The minimum absolute atomic E-state index is 0.828. The van der Waals surface area contributed by atoms with E-state index in [-0.39, 0.29) is 0 Å². The van der Waals surface area contributed by atoms with Gasteiger partial charge in [0.15, 0.2) is 0 Å². The van der Waals surface area contributed by atoms with Crippen molar-refractivity contribution in [1.29, 1.82) is 0 Å². The predicted octanol–water partition coefficient (Wildman–Crippen LogP) is 3.27. The van der Waals surface area contributed by atoms with Crippen molar-refractivity contribution in [3.63, 3.8) is 0 Å². The fraction of sp³-hybridized carbons (Fsp3) is 0.231. The molecule has 0 unspecified atom stereocenters. The van der Waals surface area contributed by atoms with Gasteiger partial charge in [0.25, 0.3) is 0 Å². The summed E-state index contributed by atoms with van der Waals surface area (Å²) in [4.78, 5) is 0. The lowest BCUT2D eigenvalue weighted by Crippen LogP contribution is -2.07. The molecule has 1 aliphatic rings. The summed E-state index contributed by atoms with van der Waals surface area (Å²) in [5.41, 5.74) is 2.39. The molecule has 1 aromatic heterocycles. The third kappa shape index (κ3) is 1.52. The molecule has 0 aliphatic carbocycles. The lowest BCUT2D eigenvalue weighted by Gasteiger charge is -2.17. The highest BCUT2D eigenvalue weighted by molar-refractivity contribution is 5.61. The monoisotopic (exact) mass is 200 g/mol. The molecule has 2 aromatic rings. The van der Waals surface area contributed by atoms with Crippen LogP contribution in [0.2, 0.25) is 0 Å². The van der Waals surface area contributed by atoms with Crippen molar-refractivity contribution in [3.8, 4) is 17.1 Å². The molecule has 0 atom stereocenters. The zero-order chi connectivity index (χ0) is 10.1. The summed E-state index contributed by atoms with van der Waals surface area (Å²) < 4.78 is 11.0. The topological polar surface area (TPSA) is 22.4 Å². The molecule has 0 saturated carbocycles. The Labute approximate surface area is 88.5 Å². The van der Waals surface area contributed by atoms with Crippen molar-refractivity contribution >= 4 is 0 Å². The van der Waals surface area contributed by atoms with Crippen LogP contribution in [-0.2, 0) is 6.42 Å². The van der Waals surface area contributed by atoms with Crippen molar-refractivity contribution in [1.82, 2.24) is 0 Å². The molecular weight excluding hydrogens is 188 g/mol. The second-order valence-corrected chi connectivity index (χ2v) is 3.75. The Morgan fingerprint density at radius 1 is 1.13 bits per heavy atom. The molecule has 76 valence electrons. The molecule has 1 aromatic carbocycles. The molecule has 0 radical (unpaired) electrons. The third-order valence-corrected chi connectivity index (χ3v) is 2.72. The van der Waals surface area contributed by atoms with Crippen molar-refractivity contribution in [2.45, 2.75) is 12.8 Å². The van der Waals surface area contributed by atoms with Crippen molar-refractivity contribution in [2.75, 3.05) is 6.61 Å². The highest BCUT2D eigenvalue weighted by Crippen LogP contribution is 2.30. The van der Waals surface area contributed by atoms with E-state index in [4.69, 9.17) is 9.15 Å². The number of benzene rings is 1. The van der Waals surface area contributed by atoms with Crippen LogP contribution in [-0.4, -0.2) is 6.61 Å². The minimum Gasteiger partial charge on any atom is -0.493 e. The number of hydrogen-bond donors (Lipinski definition) is 0. The third-order valence-electron chi connectivity index (χ3n) is 2.72. The average Bonchev–Trinajstić information content (AvgIpc) is 2.82. The van der Waals surface area contributed by atoms with Gasteiger partial charge >= 0.3 is 0 Å². The van der Waals surface area contributed by atoms with Gasteiger partial charge in [0.2, 0.25) is 0 Å². The van der Waals surface area contributed by atoms with Crippen molar-refractivity contribution in [3.05, 3.63) is 42.2 Å². The lowest BCUT2D eigenvalue weighted by molar-refractivity contribution is 0.288. The van der Waals surface area contributed by atoms with E-state index >= 15 is 0 Å². The molecule has 0 saturated heterocycles.